The summed E-state index contributed by atoms with van der Waals surface area (Å²) in [6.45, 7) is 5.53. The molecule has 0 radical (unpaired) electrons. The van der Waals surface area contributed by atoms with Crippen LogP contribution in [0.5, 0.6) is 0 Å². The Morgan fingerprint density at radius 3 is 2.60 bits per heavy atom. The first-order chi connectivity index (χ1) is 12.2. The molecule has 5 heteroatoms. The quantitative estimate of drug-likeness (QED) is 0.745. The maximum atomic E-state index is 13.0. The second kappa shape index (κ2) is 6.69. The van der Waals surface area contributed by atoms with Gasteiger partial charge in [-0.3, -0.25) is 9.69 Å². The molecule has 3 aromatic rings. The van der Waals surface area contributed by atoms with Crippen LogP contribution in [-0.2, 0) is 0 Å². The van der Waals surface area contributed by atoms with Gasteiger partial charge in [0.25, 0.3) is 0 Å². The molecule has 1 saturated heterocycles. The van der Waals surface area contributed by atoms with Crippen LogP contribution < -0.4 is 4.90 Å². The Bertz CT molecular complexity index is 866. The first kappa shape index (κ1) is 15.8. The average molecular weight is 334 g/mol. The zero-order chi connectivity index (χ0) is 17.2. The highest BCUT2D eigenvalue weighted by atomic mass is 16.1. The highest BCUT2D eigenvalue weighted by molar-refractivity contribution is 6.10. The van der Waals surface area contributed by atoms with Crippen molar-refractivity contribution in [1.29, 1.82) is 0 Å². The summed E-state index contributed by atoms with van der Waals surface area (Å²) in [5.41, 5.74) is 1.80. The predicted octanol–water partition coefficient (Wildman–Crippen LogP) is 2.96. The number of H-pyrrole nitrogens is 1. The van der Waals surface area contributed by atoms with E-state index < -0.39 is 0 Å². The van der Waals surface area contributed by atoms with Crippen molar-refractivity contribution in [3.63, 3.8) is 0 Å². The Morgan fingerprint density at radius 1 is 1.08 bits per heavy atom. The van der Waals surface area contributed by atoms with Crippen molar-refractivity contribution in [1.82, 2.24) is 14.9 Å². The van der Waals surface area contributed by atoms with Crippen LogP contribution in [0.1, 0.15) is 17.3 Å². The van der Waals surface area contributed by atoms with E-state index in [1.54, 1.807) is 0 Å². The number of fused-ring (bicyclic) bond motifs is 1. The van der Waals surface area contributed by atoms with E-state index in [9.17, 15) is 4.79 Å². The van der Waals surface area contributed by atoms with Gasteiger partial charge in [-0.2, -0.15) is 0 Å². The molecule has 1 atom stereocenters. The number of piperazine rings is 1. The molecule has 1 fully saturated rings. The van der Waals surface area contributed by atoms with E-state index in [2.05, 4.69) is 19.8 Å². The minimum absolute atomic E-state index is 0.120. The summed E-state index contributed by atoms with van der Waals surface area (Å²) in [7, 11) is 0. The number of aromatic nitrogens is 2. The fraction of sp³-hybridized carbons (Fsp3) is 0.300. The van der Waals surface area contributed by atoms with Gasteiger partial charge in [0.1, 0.15) is 5.82 Å². The van der Waals surface area contributed by atoms with Gasteiger partial charge in [0.15, 0.2) is 5.78 Å². The van der Waals surface area contributed by atoms with Crippen molar-refractivity contribution >= 4 is 22.5 Å². The Hall–Kier alpha value is -2.66. The summed E-state index contributed by atoms with van der Waals surface area (Å²) in [5, 5.41) is 1.01. The molecule has 2 aromatic heterocycles. The van der Waals surface area contributed by atoms with Gasteiger partial charge in [-0.1, -0.05) is 24.3 Å². The highest BCUT2D eigenvalue weighted by Crippen LogP contribution is 2.21. The minimum Gasteiger partial charge on any atom is -0.360 e. The zero-order valence-corrected chi connectivity index (χ0v) is 14.4. The van der Waals surface area contributed by atoms with Crippen LogP contribution in [0.15, 0.2) is 54.9 Å². The molecule has 0 aliphatic carbocycles. The number of rotatable bonds is 4. The number of carbonyl (C=O) groups is 1. The molecule has 1 aliphatic heterocycles. The van der Waals surface area contributed by atoms with E-state index in [4.69, 9.17) is 0 Å². The number of Topliss-reactive ketones (excluding diaryl/α,β-unsaturated/α-hetero) is 1. The minimum atomic E-state index is -0.120. The molecule has 0 bridgehead atoms. The lowest BCUT2D eigenvalue weighted by Crippen LogP contribution is -2.52. The molecule has 0 saturated carbocycles. The number of hydrogen-bond donors (Lipinski definition) is 1. The van der Waals surface area contributed by atoms with E-state index in [0.29, 0.717) is 0 Å². The number of para-hydroxylation sites is 1. The van der Waals surface area contributed by atoms with Gasteiger partial charge in [0.05, 0.1) is 6.04 Å². The van der Waals surface area contributed by atoms with Crippen LogP contribution in [-0.4, -0.2) is 52.9 Å². The molecule has 128 valence electrons. The van der Waals surface area contributed by atoms with Gasteiger partial charge in [-0.25, -0.2) is 4.98 Å². The average Bonchev–Trinajstić information content (AvgIpc) is 3.12. The number of hydrogen-bond acceptors (Lipinski definition) is 4. The maximum absolute atomic E-state index is 13.0. The van der Waals surface area contributed by atoms with Gasteiger partial charge in [0.2, 0.25) is 0 Å². The normalized spacial score (nSPS) is 16.9. The molecule has 4 rings (SSSR count). The molecule has 1 aliphatic rings. The Balaban J connectivity index is 1.45. The van der Waals surface area contributed by atoms with Gasteiger partial charge in [0, 0.05) is 55.0 Å². The van der Waals surface area contributed by atoms with Crippen molar-refractivity contribution in [3.05, 3.63) is 60.4 Å². The predicted molar refractivity (Wildman–Crippen MR) is 100 cm³/mol. The highest BCUT2D eigenvalue weighted by Gasteiger charge is 2.27. The number of pyridine rings is 1. The van der Waals surface area contributed by atoms with Crippen LogP contribution in [0.3, 0.4) is 0 Å². The molecular weight excluding hydrogens is 312 g/mol. The molecule has 25 heavy (non-hydrogen) atoms. The fourth-order valence-electron chi connectivity index (χ4n) is 3.55. The topological polar surface area (TPSA) is 52.2 Å². The molecule has 1 N–H and O–H groups in total. The number of benzene rings is 1. The summed E-state index contributed by atoms with van der Waals surface area (Å²) in [6.07, 6.45) is 3.67. The maximum Gasteiger partial charge on any atom is 0.181 e. The number of ketones is 1. The molecule has 0 spiro atoms. The number of anilines is 1. The zero-order valence-electron chi connectivity index (χ0n) is 14.4. The lowest BCUT2D eigenvalue weighted by atomic mass is 10.0. The molecular formula is C20H22N4O. The summed E-state index contributed by atoms with van der Waals surface area (Å²) in [4.78, 5) is 25.1. The van der Waals surface area contributed by atoms with E-state index >= 15 is 0 Å². The second-order valence-electron chi connectivity index (χ2n) is 6.50. The third-order valence-electron chi connectivity index (χ3n) is 5.07. The van der Waals surface area contributed by atoms with Crippen molar-refractivity contribution in [3.8, 4) is 0 Å². The Morgan fingerprint density at radius 2 is 1.84 bits per heavy atom. The number of nitrogens with zero attached hydrogens (tertiary/aromatic N) is 3. The van der Waals surface area contributed by atoms with Crippen LogP contribution in [0.4, 0.5) is 5.82 Å². The van der Waals surface area contributed by atoms with Crippen molar-refractivity contribution in [2.75, 3.05) is 31.1 Å². The SMILES string of the molecule is C[C@H](C(=O)c1c[nH]c2ccccc12)N1CCN(c2ccccn2)CC1. The first-order valence-corrected chi connectivity index (χ1v) is 8.74. The number of carbonyl (C=O) groups excluding carboxylic acids is 1. The van der Waals surface area contributed by atoms with Crippen LogP contribution in [0.25, 0.3) is 10.9 Å². The molecule has 5 nitrogen and oxygen atoms in total. The van der Waals surface area contributed by atoms with E-state index in [0.717, 1.165) is 48.5 Å². The van der Waals surface area contributed by atoms with Gasteiger partial charge in [-0.05, 0) is 25.1 Å². The molecule has 0 amide bonds. The molecule has 0 unspecified atom stereocenters. The smallest absolute Gasteiger partial charge is 0.181 e. The van der Waals surface area contributed by atoms with E-state index in [1.807, 2.05) is 61.8 Å². The van der Waals surface area contributed by atoms with Crippen molar-refractivity contribution in [2.45, 2.75) is 13.0 Å². The largest absolute Gasteiger partial charge is 0.360 e. The summed E-state index contributed by atoms with van der Waals surface area (Å²) in [6, 6.07) is 13.8. The van der Waals surface area contributed by atoms with Crippen molar-refractivity contribution < 1.29 is 4.79 Å². The van der Waals surface area contributed by atoms with E-state index in [1.165, 1.54) is 0 Å². The van der Waals surface area contributed by atoms with Gasteiger partial charge in [-0.15, -0.1) is 0 Å². The van der Waals surface area contributed by atoms with Crippen LogP contribution in [0, 0.1) is 0 Å². The summed E-state index contributed by atoms with van der Waals surface area (Å²) in [5.74, 6) is 1.20. The van der Waals surface area contributed by atoms with E-state index in [-0.39, 0.29) is 11.8 Å². The summed E-state index contributed by atoms with van der Waals surface area (Å²) < 4.78 is 0. The first-order valence-electron chi connectivity index (χ1n) is 8.74. The Labute approximate surface area is 147 Å². The fourth-order valence-corrected chi connectivity index (χ4v) is 3.55. The second-order valence-corrected chi connectivity index (χ2v) is 6.50. The summed E-state index contributed by atoms with van der Waals surface area (Å²) >= 11 is 0. The number of nitrogens with one attached hydrogen (secondary N) is 1. The lowest BCUT2D eigenvalue weighted by molar-refractivity contribution is 0.0831. The van der Waals surface area contributed by atoms with Crippen LogP contribution >= 0.6 is 0 Å². The molecule has 1 aromatic carbocycles. The third-order valence-corrected chi connectivity index (χ3v) is 5.07. The monoisotopic (exact) mass is 334 g/mol. The van der Waals surface area contributed by atoms with Crippen molar-refractivity contribution in [2.24, 2.45) is 0 Å². The van der Waals surface area contributed by atoms with Gasteiger partial charge < -0.3 is 9.88 Å². The van der Waals surface area contributed by atoms with Crippen LogP contribution in [0.2, 0.25) is 0 Å². The number of aromatic amines is 1. The third kappa shape index (κ3) is 3.03. The lowest BCUT2D eigenvalue weighted by Gasteiger charge is -2.38. The standard InChI is InChI=1S/C20H22N4O/c1-15(20(25)17-14-22-18-7-3-2-6-16(17)18)23-10-12-24(13-11-23)19-8-4-5-9-21-19/h2-9,14-15,22H,10-13H2,1H3/t15-/m1/s1. The molecule has 3 heterocycles. The van der Waals surface area contributed by atoms with Gasteiger partial charge >= 0.3 is 0 Å². The Kier molecular flexibility index (Phi) is 4.24.